The van der Waals surface area contributed by atoms with E-state index in [1.165, 1.54) is 0 Å². The second kappa shape index (κ2) is 4.38. The third kappa shape index (κ3) is 2.13. The molecule has 0 spiro atoms. The maximum atomic E-state index is 6.06. The van der Waals surface area contributed by atoms with Gasteiger partial charge in [0.25, 0.3) is 5.95 Å². The normalized spacial score (nSPS) is 10.5. The summed E-state index contributed by atoms with van der Waals surface area (Å²) in [5.41, 5.74) is 7.54. The number of nitrogens with two attached hydrogens (primary N) is 1. The van der Waals surface area contributed by atoms with E-state index in [0.29, 0.717) is 16.7 Å². The van der Waals surface area contributed by atoms with E-state index in [1.807, 2.05) is 13.8 Å². The third-order valence-corrected chi connectivity index (χ3v) is 3.04. The molecule has 0 saturated heterocycles. The molecule has 0 fully saturated rings. The third-order valence-electron chi connectivity index (χ3n) is 2.29. The molecule has 0 unspecified atom stereocenters. The Morgan fingerprint density at radius 3 is 2.71 bits per heavy atom. The first-order valence-electron chi connectivity index (χ1n) is 4.85. The largest absolute Gasteiger partial charge is 0.388 e. The van der Waals surface area contributed by atoms with Crippen molar-refractivity contribution in [2.24, 2.45) is 5.73 Å². The summed E-state index contributed by atoms with van der Waals surface area (Å²) in [5, 5.41) is 4.86. The highest BCUT2D eigenvalue weighted by Crippen LogP contribution is 2.20. The molecular formula is C10H10ClN5S. The van der Waals surface area contributed by atoms with Crippen LogP contribution in [0.25, 0.3) is 5.95 Å². The van der Waals surface area contributed by atoms with Crippen molar-refractivity contribution in [2.75, 3.05) is 0 Å². The molecule has 0 amide bonds. The highest BCUT2D eigenvalue weighted by atomic mass is 35.5. The van der Waals surface area contributed by atoms with E-state index >= 15 is 0 Å². The molecule has 0 saturated carbocycles. The Labute approximate surface area is 109 Å². The minimum absolute atomic E-state index is 0.223. The summed E-state index contributed by atoms with van der Waals surface area (Å²) in [7, 11) is 0. The molecule has 2 aromatic heterocycles. The fourth-order valence-electron chi connectivity index (χ4n) is 1.41. The van der Waals surface area contributed by atoms with Crippen LogP contribution in [0.4, 0.5) is 0 Å². The van der Waals surface area contributed by atoms with Gasteiger partial charge in [-0.05, 0) is 19.9 Å². The zero-order valence-corrected chi connectivity index (χ0v) is 10.9. The van der Waals surface area contributed by atoms with E-state index in [4.69, 9.17) is 29.6 Å². The van der Waals surface area contributed by atoms with Crippen molar-refractivity contribution in [1.29, 1.82) is 0 Å². The van der Waals surface area contributed by atoms with Crippen molar-refractivity contribution >= 4 is 28.8 Å². The Morgan fingerprint density at radius 2 is 2.18 bits per heavy atom. The van der Waals surface area contributed by atoms with Gasteiger partial charge in [-0.2, -0.15) is 5.10 Å². The first-order valence-corrected chi connectivity index (χ1v) is 5.64. The van der Waals surface area contributed by atoms with Crippen LogP contribution in [0.2, 0.25) is 5.02 Å². The second-order valence-electron chi connectivity index (χ2n) is 3.50. The minimum Gasteiger partial charge on any atom is -0.388 e. The standard InChI is InChI=1S/C10H10ClN5S/c1-5-8(11)6(2)16(15-5)10-13-4-3-7(14-10)9(12)17/h3-4H,1-2H3,(H2,12,17). The van der Waals surface area contributed by atoms with Gasteiger partial charge in [0.15, 0.2) is 0 Å². The summed E-state index contributed by atoms with van der Waals surface area (Å²) in [6, 6.07) is 1.65. The van der Waals surface area contributed by atoms with Gasteiger partial charge < -0.3 is 5.73 Å². The summed E-state index contributed by atoms with van der Waals surface area (Å²) in [4.78, 5) is 8.57. The van der Waals surface area contributed by atoms with Crippen molar-refractivity contribution in [3.63, 3.8) is 0 Å². The molecule has 0 aliphatic carbocycles. The highest BCUT2D eigenvalue weighted by molar-refractivity contribution is 7.80. The molecule has 2 rings (SSSR count). The van der Waals surface area contributed by atoms with Gasteiger partial charge in [0.2, 0.25) is 0 Å². The van der Waals surface area contributed by atoms with E-state index in [2.05, 4.69) is 15.1 Å². The Bertz CT molecular complexity index is 592. The smallest absolute Gasteiger partial charge is 0.251 e. The van der Waals surface area contributed by atoms with Crippen LogP contribution in [0.1, 0.15) is 17.1 Å². The van der Waals surface area contributed by atoms with Gasteiger partial charge in [0, 0.05) is 6.20 Å². The molecule has 0 bridgehead atoms. The summed E-state index contributed by atoms with van der Waals surface area (Å²) in [6.07, 6.45) is 1.58. The van der Waals surface area contributed by atoms with Gasteiger partial charge >= 0.3 is 0 Å². The molecule has 2 N–H and O–H groups in total. The molecular weight excluding hydrogens is 258 g/mol. The molecule has 0 aromatic carbocycles. The van der Waals surface area contributed by atoms with Crippen molar-refractivity contribution < 1.29 is 0 Å². The number of hydrogen-bond acceptors (Lipinski definition) is 4. The molecule has 2 heterocycles. The van der Waals surface area contributed by atoms with E-state index in [1.54, 1.807) is 16.9 Å². The molecule has 17 heavy (non-hydrogen) atoms. The Morgan fingerprint density at radius 1 is 1.47 bits per heavy atom. The van der Waals surface area contributed by atoms with Gasteiger partial charge in [-0.15, -0.1) is 0 Å². The number of halogens is 1. The first-order chi connectivity index (χ1) is 8.00. The molecule has 7 heteroatoms. The number of aromatic nitrogens is 4. The van der Waals surface area contributed by atoms with Gasteiger partial charge in [0.1, 0.15) is 10.7 Å². The molecule has 0 atom stereocenters. The Balaban J connectivity index is 2.56. The Hall–Kier alpha value is -1.53. The molecule has 0 aliphatic rings. The van der Waals surface area contributed by atoms with Crippen LogP contribution in [-0.2, 0) is 0 Å². The lowest BCUT2D eigenvalue weighted by Gasteiger charge is -2.03. The molecule has 0 aliphatic heterocycles. The van der Waals surface area contributed by atoms with Crippen molar-refractivity contribution in [1.82, 2.24) is 19.7 Å². The minimum atomic E-state index is 0.223. The quantitative estimate of drug-likeness (QED) is 0.837. The number of hydrogen-bond donors (Lipinski definition) is 1. The summed E-state index contributed by atoms with van der Waals surface area (Å²) >= 11 is 10.9. The van der Waals surface area contributed by atoms with E-state index in [9.17, 15) is 0 Å². The predicted octanol–water partition coefficient (Wildman–Crippen LogP) is 1.57. The zero-order chi connectivity index (χ0) is 12.6. The van der Waals surface area contributed by atoms with Gasteiger partial charge in [-0.25, -0.2) is 14.6 Å². The number of rotatable bonds is 2. The lowest BCUT2D eigenvalue weighted by molar-refractivity contribution is 0.772. The van der Waals surface area contributed by atoms with E-state index in [0.717, 1.165) is 11.4 Å². The topological polar surface area (TPSA) is 69.6 Å². The summed E-state index contributed by atoms with van der Waals surface area (Å²) < 4.78 is 1.57. The average Bonchev–Trinajstić information content (AvgIpc) is 2.57. The van der Waals surface area contributed by atoms with E-state index < -0.39 is 0 Å². The average molecular weight is 268 g/mol. The molecule has 88 valence electrons. The van der Waals surface area contributed by atoms with Crippen LogP contribution >= 0.6 is 23.8 Å². The monoisotopic (exact) mass is 267 g/mol. The second-order valence-corrected chi connectivity index (χ2v) is 4.32. The van der Waals surface area contributed by atoms with Crippen LogP contribution in [0.15, 0.2) is 12.3 Å². The van der Waals surface area contributed by atoms with Gasteiger partial charge in [-0.1, -0.05) is 23.8 Å². The van der Waals surface area contributed by atoms with Crippen LogP contribution in [-0.4, -0.2) is 24.7 Å². The molecule has 0 radical (unpaired) electrons. The van der Waals surface area contributed by atoms with Gasteiger partial charge in [0.05, 0.1) is 16.4 Å². The SMILES string of the molecule is Cc1nn(-c2nccc(C(N)=S)n2)c(C)c1Cl. The Kier molecular flexibility index (Phi) is 3.08. The lowest BCUT2D eigenvalue weighted by Crippen LogP contribution is -2.14. The molecule has 5 nitrogen and oxygen atoms in total. The van der Waals surface area contributed by atoms with E-state index in [-0.39, 0.29) is 4.99 Å². The predicted molar refractivity (Wildman–Crippen MR) is 69.5 cm³/mol. The number of aryl methyl sites for hydroxylation is 1. The summed E-state index contributed by atoms with van der Waals surface area (Å²) in [6.45, 7) is 3.67. The van der Waals surface area contributed by atoms with Gasteiger partial charge in [-0.3, -0.25) is 0 Å². The number of nitrogens with zero attached hydrogens (tertiary/aromatic N) is 4. The van der Waals surface area contributed by atoms with Crippen molar-refractivity contribution in [3.8, 4) is 5.95 Å². The fraction of sp³-hybridized carbons (Fsp3) is 0.200. The van der Waals surface area contributed by atoms with Crippen LogP contribution in [0.5, 0.6) is 0 Å². The number of thiocarbonyl (C=S) groups is 1. The van der Waals surface area contributed by atoms with Crippen molar-refractivity contribution in [3.05, 3.63) is 34.4 Å². The first kappa shape index (κ1) is 11.9. The van der Waals surface area contributed by atoms with Crippen LogP contribution < -0.4 is 5.73 Å². The van der Waals surface area contributed by atoms with Crippen LogP contribution in [0.3, 0.4) is 0 Å². The van der Waals surface area contributed by atoms with Crippen molar-refractivity contribution in [2.45, 2.75) is 13.8 Å². The lowest BCUT2D eigenvalue weighted by atomic mass is 10.4. The maximum absolute atomic E-state index is 6.06. The maximum Gasteiger partial charge on any atom is 0.251 e. The fourth-order valence-corrected chi connectivity index (χ4v) is 1.64. The van der Waals surface area contributed by atoms with Crippen LogP contribution in [0, 0.1) is 13.8 Å². The zero-order valence-electron chi connectivity index (χ0n) is 9.31. The highest BCUT2D eigenvalue weighted by Gasteiger charge is 2.13. The summed E-state index contributed by atoms with van der Waals surface area (Å²) in [5.74, 6) is 0.405. The molecule has 2 aromatic rings.